The van der Waals surface area contributed by atoms with E-state index in [1.165, 1.54) is 19.2 Å². The Labute approximate surface area is 116 Å². The van der Waals surface area contributed by atoms with Gasteiger partial charge in [0.1, 0.15) is 5.82 Å². The lowest BCUT2D eigenvalue weighted by molar-refractivity contribution is -0.141. The molecule has 8 heteroatoms. The minimum Gasteiger partial charge on any atom is -0.319 e. The van der Waals surface area contributed by atoms with Crippen molar-refractivity contribution in [1.82, 2.24) is 9.78 Å². The van der Waals surface area contributed by atoms with Crippen LogP contribution < -0.4 is 5.73 Å². The van der Waals surface area contributed by atoms with Crippen LogP contribution in [0.1, 0.15) is 23.0 Å². The monoisotopic (exact) mass is 307 g/mol. The van der Waals surface area contributed by atoms with Gasteiger partial charge in [0.25, 0.3) is 0 Å². The third-order valence-electron chi connectivity index (χ3n) is 2.83. The van der Waals surface area contributed by atoms with E-state index in [1.807, 2.05) is 0 Å². The number of halogens is 5. The van der Waals surface area contributed by atoms with Gasteiger partial charge in [-0.2, -0.15) is 18.3 Å². The van der Waals surface area contributed by atoms with Gasteiger partial charge in [0, 0.05) is 7.05 Å². The number of nitrogens with two attached hydrogens (primary N) is 1. The van der Waals surface area contributed by atoms with Crippen molar-refractivity contribution < 1.29 is 17.6 Å². The molecule has 0 bridgehead atoms. The molecule has 1 aromatic carbocycles. The number of nitrogens with zero attached hydrogens (tertiary/aromatic N) is 2. The molecule has 0 aliphatic rings. The standard InChI is InChI=1S/C12H10ClF4N3/c1-20-9(5-10(19-20)12(15,16)17)11(18)6-2-3-8(14)7(13)4-6/h2-5,11H,18H2,1H3. The molecule has 0 saturated heterocycles. The van der Waals surface area contributed by atoms with E-state index in [4.69, 9.17) is 17.3 Å². The fourth-order valence-corrected chi connectivity index (χ4v) is 1.98. The molecule has 2 aromatic rings. The fourth-order valence-electron chi connectivity index (χ4n) is 1.79. The van der Waals surface area contributed by atoms with Crippen LogP contribution >= 0.6 is 11.6 Å². The van der Waals surface area contributed by atoms with E-state index in [2.05, 4.69) is 5.10 Å². The van der Waals surface area contributed by atoms with E-state index in [9.17, 15) is 17.6 Å². The Hall–Kier alpha value is -1.60. The molecule has 0 radical (unpaired) electrons. The molecule has 0 saturated carbocycles. The zero-order valence-corrected chi connectivity index (χ0v) is 11.0. The number of hydrogen-bond donors (Lipinski definition) is 1. The lowest BCUT2D eigenvalue weighted by Gasteiger charge is -2.12. The summed E-state index contributed by atoms with van der Waals surface area (Å²) in [4.78, 5) is 0. The van der Waals surface area contributed by atoms with Gasteiger partial charge in [-0.05, 0) is 23.8 Å². The first-order chi connectivity index (χ1) is 9.20. The zero-order valence-electron chi connectivity index (χ0n) is 10.2. The zero-order chi connectivity index (χ0) is 15.1. The van der Waals surface area contributed by atoms with E-state index < -0.39 is 23.7 Å². The summed E-state index contributed by atoms with van der Waals surface area (Å²) < 4.78 is 51.8. The number of aryl methyl sites for hydroxylation is 1. The van der Waals surface area contributed by atoms with Gasteiger partial charge >= 0.3 is 6.18 Å². The fraction of sp³-hybridized carbons (Fsp3) is 0.250. The molecule has 1 heterocycles. The maximum atomic E-state index is 13.1. The molecule has 2 rings (SSSR count). The van der Waals surface area contributed by atoms with Crippen molar-refractivity contribution in [3.8, 4) is 0 Å². The largest absolute Gasteiger partial charge is 0.435 e. The number of hydrogen-bond acceptors (Lipinski definition) is 2. The molecule has 1 aromatic heterocycles. The summed E-state index contributed by atoms with van der Waals surface area (Å²) in [7, 11) is 1.36. The Morgan fingerprint density at radius 3 is 2.45 bits per heavy atom. The third kappa shape index (κ3) is 2.78. The van der Waals surface area contributed by atoms with E-state index in [-0.39, 0.29) is 10.7 Å². The molecular weight excluding hydrogens is 298 g/mol. The van der Waals surface area contributed by atoms with Gasteiger partial charge in [-0.15, -0.1) is 0 Å². The van der Waals surface area contributed by atoms with E-state index >= 15 is 0 Å². The van der Waals surface area contributed by atoms with Crippen LogP contribution in [0.25, 0.3) is 0 Å². The van der Waals surface area contributed by atoms with Gasteiger partial charge in [0.15, 0.2) is 5.69 Å². The highest BCUT2D eigenvalue weighted by Gasteiger charge is 2.35. The van der Waals surface area contributed by atoms with Gasteiger partial charge < -0.3 is 5.73 Å². The molecule has 0 fully saturated rings. The average molecular weight is 308 g/mol. The molecule has 1 unspecified atom stereocenters. The third-order valence-corrected chi connectivity index (χ3v) is 3.12. The van der Waals surface area contributed by atoms with Gasteiger partial charge in [0.05, 0.1) is 16.8 Å². The van der Waals surface area contributed by atoms with Crippen molar-refractivity contribution in [2.45, 2.75) is 12.2 Å². The Bertz CT molecular complexity index is 636. The molecule has 0 amide bonds. The van der Waals surface area contributed by atoms with Crippen LogP contribution in [-0.2, 0) is 13.2 Å². The molecule has 108 valence electrons. The van der Waals surface area contributed by atoms with E-state index in [0.29, 0.717) is 5.56 Å². The Kier molecular flexibility index (Phi) is 3.75. The van der Waals surface area contributed by atoms with Crippen LogP contribution in [0.2, 0.25) is 5.02 Å². The first kappa shape index (κ1) is 14.8. The summed E-state index contributed by atoms with van der Waals surface area (Å²) in [6, 6.07) is 3.73. The van der Waals surface area contributed by atoms with Gasteiger partial charge in [-0.25, -0.2) is 4.39 Å². The Morgan fingerprint density at radius 1 is 1.30 bits per heavy atom. The summed E-state index contributed by atoms with van der Waals surface area (Å²) in [5.74, 6) is -0.622. The predicted molar refractivity (Wildman–Crippen MR) is 65.7 cm³/mol. The lowest BCUT2D eigenvalue weighted by atomic mass is 10.0. The van der Waals surface area contributed by atoms with Crippen molar-refractivity contribution in [1.29, 1.82) is 0 Å². The van der Waals surface area contributed by atoms with Gasteiger partial charge in [-0.1, -0.05) is 17.7 Å². The summed E-state index contributed by atoms with van der Waals surface area (Å²) in [5.41, 5.74) is 5.40. The topological polar surface area (TPSA) is 43.8 Å². The molecule has 3 nitrogen and oxygen atoms in total. The van der Waals surface area contributed by atoms with E-state index in [1.54, 1.807) is 0 Å². The number of rotatable bonds is 2. The lowest BCUT2D eigenvalue weighted by Crippen LogP contribution is -2.16. The Balaban J connectivity index is 2.40. The van der Waals surface area contributed by atoms with Crippen molar-refractivity contribution in [2.24, 2.45) is 12.8 Å². The molecule has 0 aliphatic carbocycles. The summed E-state index contributed by atoms with van der Waals surface area (Å²) in [5, 5.41) is 3.23. The highest BCUT2D eigenvalue weighted by molar-refractivity contribution is 6.30. The SMILES string of the molecule is Cn1nc(C(F)(F)F)cc1C(N)c1ccc(F)c(Cl)c1. The van der Waals surface area contributed by atoms with Crippen molar-refractivity contribution in [3.05, 3.63) is 52.1 Å². The van der Waals surface area contributed by atoms with Crippen molar-refractivity contribution in [3.63, 3.8) is 0 Å². The second kappa shape index (κ2) is 5.06. The maximum Gasteiger partial charge on any atom is 0.435 e. The van der Waals surface area contributed by atoms with Crippen LogP contribution in [0.4, 0.5) is 17.6 Å². The normalized spacial score (nSPS) is 13.6. The molecule has 20 heavy (non-hydrogen) atoms. The first-order valence-electron chi connectivity index (χ1n) is 5.52. The second-order valence-corrected chi connectivity index (χ2v) is 4.63. The van der Waals surface area contributed by atoms with E-state index in [0.717, 1.165) is 16.8 Å². The average Bonchev–Trinajstić information content (AvgIpc) is 2.74. The highest BCUT2D eigenvalue weighted by atomic mass is 35.5. The van der Waals surface area contributed by atoms with Crippen LogP contribution in [0.15, 0.2) is 24.3 Å². The van der Waals surface area contributed by atoms with Crippen LogP contribution in [-0.4, -0.2) is 9.78 Å². The molecule has 1 atom stereocenters. The first-order valence-corrected chi connectivity index (χ1v) is 5.89. The summed E-state index contributed by atoms with van der Waals surface area (Å²) in [6.07, 6.45) is -4.55. The minimum absolute atomic E-state index is 0.142. The Morgan fingerprint density at radius 2 is 1.95 bits per heavy atom. The van der Waals surface area contributed by atoms with Crippen LogP contribution in [0, 0.1) is 5.82 Å². The maximum absolute atomic E-state index is 13.1. The molecule has 0 aliphatic heterocycles. The van der Waals surface area contributed by atoms with Gasteiger partial charge in [-0.3, -0.25) is 4.68 Å². The number of alkyl halides is 3. The van der Waals surface area contributed by atoms with Crippen LogP contribution in [0.3, 0.4) is 0 Å². The van der Waals surface area contributed by atoms with Crippen LogP contribution in [0.5, 0.6) is 0 Å². The predicted octanol–water partition coefficient (Wildman–Crippen LogP) is 3.28. The summed E-state index contributed by atoms with van der Waals surface area (Å²) >= 11 is 5.63. The highest BCUT2D eigenvalue weighted by Crippen LogP contribution is 2.31. The van der Waals surface area contributed by atoms with Gasteiger partial charge in [0.2, 0.25) is 0 Å². The van der Waals surface area contributed by atoms with Crippen molar-refractivity contribution >= 4 is 11.6 Å². The molecule has 2 N–H and O–H groups in total. The second-order valence-electron chi connectivity index (χ2n) is 4.23. The number of aromatic nitrogens is 2. The molecular formula is C12H10ClF4N3. The summed E-state index contributed by atoms with van der Waals surface area (Å²) in [6.45, 7) is 0. The minimum atomic E-state index is -4.55. The van der Waals surface area contributed by atoms with Crippen molar-refractivity contribution in [2.75, 3.05) is 0 Å². The smallest absolute Gasteiger partial charge is 0.319 e. The quantitative estimate of drug-likeness (QED) is 0.865. The molecule has 0 spiro atoms. The number of benzene rings is 1.